The van der Waals surface area contributed by atoms with Gasteiger partial charge in [-0.05, 0) is 54.8 Å². The fourth-order valence-electron chi connectivity index (χ4n) is 3.76. The van der Waals surface area contributed by atoms with Gasteiger partial charge in [0.25, 0.3) is 11.7 Å². The van der Waals surface area contributed by atoms with E-state index in [2.05, 4.69) is 22.9 Å². The van der Waals surface area contributed by atoms with Crippen molar-refractivity contribution < 1.29 is 24.2 Å². The van der Waals surface area contributed by atoms with Crippen molar-refractivity contribution >= 4 is 33.4 Å². The van der Waals surface area contributed by atoms with Crippen molar-refractivity contribution in [3.05, 3.63) is 69.2 Å². The maximum absolute atomic E-state index is 13.0. The van der Waals surface area contributed by atoms with Gasteiger partial charge in [0, 0.05) is 23.7 Å². The number of hydrogen-bond acceptors (Lipinski definition) is 5. The van der Waals surface area contributed by atoms with Gasteiger partial charge in [0.05, 0.1) is 24.8 Å². The van der Waals surface area contributed by atoms with Gasteiger partial charge in [0.15, 0.2) is 0 Å². The molecule has 7 heteroatoms. The minimum atomic E-state index is -0.705. The Kier molecular flexibility index (Phi) is 8.10. The number of aliphatic hydroxyl groups excluding tert-OH is 1. The summed E-state index contributed by atoms with van der Waals surface area (Å²) >= 11 is 3.45. The molecule has 1 N–H and O–H groups in total. The van der Waals surface area contributed by atoms with Gasteiger partial charge in [-0.25, -0.2) is 0 Å². The van der Waals surface area contributed by atoms with Gasteiger partial charge < -0.3 is 19.5 Å². The number of methoxy groups -OCH3 is 1. The van der Waals surface area contributed by atoms with Gasteiger partial charge in [-0.2, -0.15) is 0 Å². The van der Waals surface area contributed by atoms with Crippen LogP contribution in [0.4, 0.5) is 0 Å². The lowest BCUT2D eigenvalue weighted by Gasteiger charge is -2.25. The summed E-state index contributed by atoms with van der Waals surface area (Å²) in [6.45, 7) is 5.12. The van der Waals surface area contributed by atoms with E-state index in [0.29, 0.717) is 12.2 Å². The third-order valence-electron chi connectivity index (χ3n) is 5.44. The zero-order valence-electron chi connectivity index (χ0n) is 18.6. The average Bonchev–Trinajstić information content (AvgIpc) is 3.03. The molecule has 6 nitrogen and oxygen atoms in total. The first-order valence-corrected chi connectivity index (χ1v) is 11.4. The van der Waals surface area contributed by atoms with Gasteiger partial charge in [-0.3, -0.25) is 9.59 Å². The normalized spacial score (nSPS) is 17.8. The first-order chi connectivity index (χ1) is 15.4. The lowest BCUT2D eigenvalue weighted by molar-refractivity contribution is -0.140. The Balaban J connectivity index is 2.06. The van der Waals surface area contributed by atoms with Crippen molar-refractivity contribution in [1.29, 1.82) is 0 Å². The highest BCUT2D eigenvalue weighted by Gasteiger charge is 2.45. The second kappa shape index (κ2) is 10.8. The Labute approximate surface area is 197 Å². The molecule has 1 aliphatic heterocycles. The predicted octanol–water partition coefficient (Wildman–Crippen LogP) is 5.00. The number of nitrogens with zero attached hydrogens (tertiary/aromatic N) is 1. The van der Waals surface area contributed by atoms with E-state index in [1.165, 1.54) is 12.0 Å². The topological polar surface area (TPSA) is 76.1 Å². The van der Waals surface area contributed by atoms with Crippen molar-refractivity contribution in [2.24, 2.45) is 0 Å². The van der Waals surface area contributed by atoms with Crippen LogP contribution in [0.2, 0.25) is 0 Å². The summed E-state index contributed by atoms with van der Waals surface area (Å²) in [7, 11) is 1.54. The summed E-state index contributed by atoms with van der Waals surface area (Å²) in [6, 6.07) is 12.0. The highest BCUT2D eigenvalue weighted by Crippen LogP contribution is 2.40. The van der Waals surface area contributed by atoms with Crippen molar-refractivity contribution in [2.75, 3.05) is 26.9 Å². The van der Waals surface area contributed by atoms with Crippen molar-refractivity contribution in [3.8, 4) is 5.75 Å². The van der Waals surface area contributed by atoms with Crippen LogP contribution in [0.5, 0.6) is 5.75 Å². The van der Waals surface area contributed by atoms with Crippen LogP contribution in [-0.4, -0.2) is 48.6 Å². The van der Waals surface area contributed by atoms with Crippen LogP contribution in [-0.2, 0) is 14.3 Å². The number of Topliss-reactive ketones (excluding diaryl/α,β-unsaturated/α-hetero) is 1. The smallest absolute Gasteiger partial charge is 0.295 e. The number of carbonyl (C=O) groups excluding carboxylic acids is 2. The highest BCUT2D eigenvalue weighted by atomic mass is 79.9. The highest BCUT2D eigenvalue weighted by molar-refractivity contribution is 9.10. The second-order valence-corrected chi connectivity index (χ2v) is 8.64. The Morgan fingerprint density at radius 3 is 2.59 bits per heavy atom. The molecule has 1 fully saturated rings. The van der Waals surface area contributed by atoms with E-state index < -0.39 is 17.7 Å². The zero-order valence-corrected chi connectivity index (χ0v) is 20.1. The van der Waals surface area contributed by atoms with Crippen LogP contribution in [0.25, 0.3) is 5.76 Å². The lowest BCUT2D eigenvalue weighted by atomic mass is 9.95. The number of aliphatic hydroxyl groups is 1. The largest absolute Gasteiger partial charge is 0.507 e. The summed E-state index contributed by atoms with van der Waals surface area (Å²) in [6.07, 6.45) is 2.00. The first-order valence-electron chi connectivity index (χ1n) is 10.7. The standard InChI is InChI=1S/C25H28BrNO5/c1-4-5-12-32-20-10-9-18(14-16(20)2)23(28)21-22(17-7-6-8-19(26)15-17)27(11-13-31-3)25(30)24(21)29/h6-10,14-15,22,28H,4-5,11-13H2,1-3H3/t22-/m0/s1. The maximum atomic E-state index is 13.0. The number of halogens is 1. The third kappa shape index (κ3) is 5.05. The number of amides is 1. The Morgan fingerprint density at radius 1 is 1.16 bits per heavy atom. The first kappa shape index (κ1) is 24.0. The summed E-state index contributed by atoms with van der Waals surface area (Å²) in [5.74, 6) is -0.815. The minimum Gasteiger partial charge on any atom is -0.507 e. The Morgan fingerprint density at radius 2 is 1.94 bits per heavy atom. The Hall–Kier alpha value is -2.64. The van der Waals surface area contributed by atoms with Crippen LogP contribution in [0.3, 0.4) is 0 Å². The minimum absolute atomic E-state index is 0.0725. The number of benzene rings is 2. The fourth-order valence-corrected chi connectivity index (χ4v) is 4.18. The molecule has 170 valence electrons. The molecule has 0 unspecified atom stereocenters. The number of ether oxygens (including phenoxy) is 2. The SMILES string of the molecule is CCCCOc1ccc(C(O)=C2C(=O)C(=O)N(CCOC)[C@H]2c2cccc(Br)c2)cc1C. The van der Waals surface area contributed by atoms with Gasteiger partial charge in [0.2, 0.25) is 0 Å². The summed E-state index contributed by atoms with van der Waals surface area (Å²) in [5.41, 5.74) is 2.11. The maximum Gasteiger partial charge on any atom is 0.295 e. The predicted molar refractivity (Wildman–Crippen MR) is 127 cm³/mol. The fraction of sp³-hybridized carbons (Fsp3) is 0.360. The molecule has 3 rings (SSSR count). The molecular weight excluding hydrogens is 474 g/mol. The molecular formula is C25H28BrNO5. The molecule has 1 atom stereocenters. The number of unbranched alkanes of at least 4 members (excludes halogenated alkanes) is 1. The summed E-state index contributed by atoms with van der Waals surface area (Å²) < 4.78 is 11.7. The van der Waals surface area contributed by atoms with Crippen LogP contribution in [0.1, 0.15) is 42.5 Å². The summed E-state index contributed by atoms with van der Waals surface area (Å²) in [4.78, 5) is 27.3. The molecule has 0 aromatic heterocycles. The van der Waals surface area contributed by atoms with E-state index in [4.69, 9.17) is 9.47 Å². The van der Waals surface area contributed by atoms with Gasteiger partial charge >= 0.3 is 0 Å². The average molecular weight is 502 g/mol. The number of rotatable bonds is 9. The second-order valence-electron chi connectivity index (χ2n) is 7.72. The molecule has 0 aliphatic carbocycles. The molecule has 32 heavy (non-hydrogen) atoms. The van der Waals surface area contributed by atoms with Crippen LogP contribution in [0.15, 0.2) is 52.5 Å². The van der Waals surface area contributed by atoms with E-state index in [1.54, 1.807) is 18.2 Å². The van der Waals surface area contributed by atoms with E-state index in [1.807, 2.05) is 31.2 Å². The molecule has 2 aromatic rings. The molecule has 0 radical (unpaired) electrons. The monoisotopic (exact) mass is 501 g/mol. The number of likely N-dealkylation sites (tertiary alicyclic amines) is 1. The Bertz CT molecular complexity index is 1030. The molecule has 0 spiro atoms. The van der Waals surface area contributed by atoms with Gasteiger partial charge in [-0.1, -0.05) is 41.4 Å². The molecule has 1 saturated heterocycles. The van der Waals surface area contributed by atoms with Gasteiger partial charge in [0.1, 0.15) is 11.5 Å². The van der Waals surface area contributed by atoms with Crippen LogP contribution < -0.4 is 4.74 Å². The lowest BCUT2D eigenvalue weighted by Crippen LogP contribution is -2.32. The molecule has 0 saturated carbocycles. The third-order valence-corrected chi connectivity index (χ3v) is 5.94. The van der Waals surface area contributed by atoms with Gasteiger partial charge in [-0.15, -0.1) is 0 Å². The van der Waals surface area contributed by atoms with Crippen LogP contribution in [0, 0.1) is 6.92 Å². The number of ketones is 1. The van der Waals surface area contributed by atoms with Crippen molar-refractivity contribution in [1.82, 2.24) is 4.90 Å². The van der Waals surface area contributed by atoms with E-state index in [9.17, 15) is 14.7 Å². The molecule has 1 amide bonds. The van der Waals surface area contributed by atoms with Crippen molar-refractivity contribution in [3.63, 3.8) is 0 Å². The zero-order chi connectivity index (χ0) is 23.3. The molecule has 1 heterocycles. The number of hydrogen-bond donors (Lipinski definition) is 1. The molecule has 1 aliphatic rings. The van der Waals surface area contributed by atoms with E-state index >= 15 is 0 Å². The summed E-state index contributed by atoms with van der Waals surface area (Å²) in [5, 5.41) is 11.2. The number of aryl methyl sites for hydroxylation is 1. The number of carbonyl (C=O) groups is 2. The van der Waals surface area contributed by atoms with Crippen LogP contribution >= 0.6 is 15.9 Å². The van der Waals surface area contributed by atoms with Crippen molar-refractivity contribution in [2.45, 2.75) is 32.7 Å². The van der Waals surface area contributed by atoms with E-state index in [-0.39, 0.29) is 24.5 Å². The quantitative estimate of drug-likeness (QED) is 0.226. The molecule has 0 bridgehead atoms. The van der Waals surface area contributed by atoms with E-state index in [0.717, 1.165) is 34.2 Å². The molecule has 2 aromatic carbocycles.